The molecule has 2 rings (SSSR count). The molecule has 10 heteroatoms. The van der Waals surface area contributed by atoms with Crippen LogP contribution in [0.3, 0.4) is 0 Å². The molecule has 3 N–H and O–H groups in total. The predicted octanol–water partition coefficient (Wildman–Crippen LogP) is 1.12. The van der Waals surface area contributed by atoms with Gasteiger partial charge < -0.3 is 14.8 Å². The van der Waals surface area contributed by atoms with Gasteiger partial charge in [-0.1, -0.05) is 11.6 Å². The Bertz CT molecular complexity index is 794. The second kappa shape index (κ2) is 5.84. The van der Waals surface area contributed by atoms with Crippen LogP contribution >= 0.6 is 11.6 Å². The Balaban J connectivity index is 2.34. The molecule has 0 saturated carbocycles. The average Bonchev–Trinajstić information content (AvgIpc) is 2.36. The molecule has 0 aromatic heterocycles. The van der Waals surface area contributed by atoms with Gasteiger partial charge in [0.2, 0.25) is 10.0 Å². The molecule has 0 radical (unpaired) electrons. The number of hydrogen-bond acceptors (Lipinski definition) is 7. The van der Waals surface area contributed by atoms with Gasteiger partial charge in [0.15, 0.2) is 5.57 Å². The summed E-state index contributed by atoms with van der Waals surface area (Å²) in [5.41, 5.74) is -0.380. The van der Waals surface area contributed by atoms with Gasteiger partial charge in [-0.05, 0) is 18.2 Å². The van der Waals surface area contributed by atoms with Gasteiger partial charge in [0, 0.05) is 25.1 Å². The largest absolute Gasteiger partial charge is 0.419 e. The number of carbonyl (C=O) groups is 2. The number of rotatable bonds is 3. The van der Waals surface area contributed by atoms with Crippen LogP contribution in [-0.2, 0) is 29.1 Å². The van der Waals surface area contributed by atoms with Gasteiger partial charge in [0.25, 0.3) is 5.79 Å². The molecule has 0 amide bonds. The lowest BCUT2D eigenvalue weighted by Gasteiger charge is -2.29. The molecule has 1 aliphatic heterocycles. The highest BCUT2D eigenvalue weighted by Gasteiger charge is 2.39. The first-order valence-corrected chi connectivity index (χ1v) is 8.18. The van der Waals surface area contributed by atoms with E-state index in [1.807, 2.05) is 0 Å². The minimum Gasteiger partial charge on any atom is -0.419 e. The van der Waals surface area contributed by atoms with Crippen molar-refractivity contribution < 1.29 is 27.5 Å². The molecule has 1 fully saturated rings. The van der Waals surface area contributed by atoms with Crippen LogP contribution < -0.4 is 10.5 Å². The molecule has 1 aromatic rings. The van der Waals surface area contributed by atoms with E-state index in [9.17, 15) is 18.0 Å². The minimum absolute atomic E-state index is 0.0369. The SMILES string of the molecule is CC1(C)OC(=O)C(=CNc2ccc(Cl)cc2S(N)(=O)=O)C(=O)O1. The zero-order valence-electron chi connectivity index (χ0n) is 12.1. The minimum atomic E-state index is -4.06. The van der Waals surface area contributed by atoms with Crippen LogP contribution in [-0.4, -0.2) is 26.1 Å². The molecule has 23 heavy (non-hydrogen) atoms. The third-order valence-electron chi connectivity index (χ3n) is 2.74. The lowest BCUT2D eigenvalue weighted by Crippen LogP contribution is -2.42. The van der Waals surface area contributed by atoms with E-state index in [2.05, 4.69) is 5.32 Å². The Morgan fingerprint density at radius 2 is 1.78 bits per heavy atom. The number of cyclic esters (lactones) is 2. The molecule has 1 aromatic carbocycles. The zero-order valence-corrected chi connectivity index (χ0v) is 13.7. The van der Waals surface area contributed by atoms with Gasteiger partial charge in [-0.25, -0.2) is 23.1 Å². The number of halogens is 1. The lowest BCUT2D eigenvalue weighted by atomic mass is 10.2. The van der Waals surface area contributed by atoms with Gasteiger partial charge >= 0.3 is 11.9 Å². The van der Waals surface area contributed by atoms with E-state index >= 15 is 0 Å². The van der Waals surface area contributed by atoms with Crippen molar-refractivity contribution in [2.24, 2.45) is 5.14 Å². The van der Waals surface area contributed by atoms with Crippen LogP contribution in [0.1, 0.15) is 13.8 Å². The molecular formula is C13H13ClN2O6S. The Morgan fingerprint density at radius 3 is 2.30 bits per heavy atom. The van der Waals surface area contributed by atoms with Crippen LogP contribution in [0.25, 0.3) is 0 Å². The number of nitrogens with two attached hydrogens (primary N) is 1. The third-order valence-corrected chi connectivity index (χ3v) is 3.92. The maximum absolute atomic E-state index is 11.8. The number of carbonyl (C=O) groups excluding carboxylic acids is 2. The molecule has 0 atom stereocenters. The maximum atomic E-state index is 11.8. The van der Waals surface area contributed by atoms with Crippen LogP contribution in [0.4, 0.5) is 5.69 Å². The first-order chi connectivity index (χ1) is 10.5. The summed E-state index contributed by atoms with van der Waals surface area (Å²) in [6, 6.07) is 3.89. The normalized spacial score (nSPS) is 17.3. The summed E-state index contributed by atoms with van der Waals surface area (Å²) in [5, 5.41) is 7.78. The average molecular weight is 361 g/mol. The van der Waals surface area contributed by atoms with Crippen molar-refractivity contribution in [2.75, 3.05) is 5.32 Å². The molecule has 0 spiro atoms. The van der Waals surface area contributed by atoms with Gasteiger partial charge in [0.05, 0.1) is 5.69 Å². The lowest BCUT2D eigenvalue weighted by molar-refractivity contribution is -0.222. The first-order valence-electron chi connectivity index (χ1n) is 6.25. The van der Waals surface area contributed by atoms with Crippen LogP contribution in [0.5, 0.6) is 0 Å². The van der Waals surface area contributed by atoms with E-state index in [1.54, 1.807) is 0 Å². The Labute approximate surface area is 137 Å². The smallest absolute Gasteiger partial charge is 0.350 e. The van der Waals surface area contributed by atoms with Crippen molar-refractivity contribution >= 4 is 39.3 Å². The second-order valence-corrected chi connectivity index (χ2v) is 7.03. The molecule has 1 saturated heterocycles. The van der Waals surface area contributed by atoms with Gasteiger partial charge in [-0.3, -0.25) is 0 Å². The van der Waals surface area contributed by atoms with E-state index in [1.165, 1.54) is 26.0 Å². The number of anilines is 1. The van der Waals surface area contributed by atoms with E-state index in [0.29, 0.717) is 0 Å². The fraction of sp³-hybridized carbons (Fsp3) is 0.231. The van der Waals surface area contributed by atoms with Crippen LogP contribution in [0, 0.1) is 0 Å². The summed E-state index contributed by atoms with van der Waals surface area (Å²) in [6.07, 6.45) is 0.984. The predicted molar refractivity (Wildman–Crippen MR) is 80.8 cm³/mol. The molecule has 1 aliphatic rings. The Morgan fingerprint density at radius 1 is 1.22 bits per heavy atom. The maximum Gasteiger partial charge on any atom is 0.350 e. The molecule has 1 heterocycles. The number of hydrogen-bond donors (Lipinski definition) is 2. The standard InChI is InChI=1S/C13H13ClN2O6S/c1-13(2)21-11(17)8(12(18)22-13)6-16-9-4-3-7(14)5-10(9)23(15,19)20/h3-6,16H,1-2H3,(H2,15,19,20). The Kier molecular flexibility index (Phi) is 4.38. The van der Waals surface area contributed by atoms with Crippen molar-refractivity contribution in [1.29, 1.82) is 0 Å². The highest BCUT2D eigenvalue weighted by molar-refractivity contribution is 7.89. The quantitative estimate of drug-likeness (QED) is 0.470. The number of ether oxygens (including phenoxy) is 2. The number of sulfonamides is 1. The summed E-state index contributed by atoms with van der Waals surface area (Å²) in [4.78, 5) is 23.3. The van der Waals surface area contributed by atoms with Gasteiger partial charge in [-0.15, -0.1) is 0 Å². The van der Waals surface area contributed by atoms with Crippen molar-refractivity contribution in [1.82, 2.24) is 0 Å². The van der Waals surface area contributed by atoms with Crippen LogP contribution in [0.2, 0.25) is 5.02 Å². The fourth-order valence-corrected chi connectivity index (χ4v) is 2.74. The van der Waals surface area contributed by atoms with E-state index in [0.717, 1.165) is 12.3 Å². The third kappa shape index (κ3) is 4.01. The summed E-state index contributed by atoms with van der Waals surface area (Å²) in [6.45, 7) is 2.82. The molecule has 0 bridgehead atoms. The van der Waals surface area contributed by atoms with Crippen LogP contribution in [0.15, 0.2) is 34.9 Å². The van der Waals surface area contributed by atoms with Crippen molar-refractivity contribution in [2.45, 2.75) is 24.5 Å². The van der Waals surface area contributed by atoms with Gasteiger partial charge in [-0.2, -0.15) is 0 Å². The molecular weight excluding hydrogens is 348 g/mol. The monoisotopic (exact) mass is 360 g/mol. The van der Waals surface area contributed by atoms with Crippen molar-refractivity contribution in [3.8, 4) is 0 Å². The molecule has 8 nitrogen and oxygen atoms in total. The van der Waals surface area contributed by atoms with Crippen molar-refractivity contribution in [3.05, 3.63) is 35.0 Å². The fourth-order valence-electron chi connectivity index (χ4n) is 1.78. The van der Waals surface area contributed by atoms with Crippen molar-refractivity contribution in [3.63, 3.8) is 0 Å². The topological polar surface area (TPSA) is 125 Å². The van der Waals surface area contributed by atoms with E-state index in [4.69, 9.17) is 26.2 Å². The number of esters is 2. The molecule has 124 valence electrons. The van der Waals surface area contributed by atoms with E-state index in [-0.39, 0.29) is 15.6 Å². The molecule has 0 unspecified atom stereocenters. The Hall–Kier alpha value is -2.10. The molecule has 0 aliphatic carbocycles. The second-order valence-electron chi connectivity index (χ2n) is 5.07. The zero-order chi connectivity index (χ0) is 17.4. The summed E-state index contributed by atoms with van der Waals surface area (Å²) in [5.74, 6) is -3.16. The summed E-state index contributed by atoms with van der Waals surface area (Å²) >= 11 is 5.74. The van der Waals surface area contributed by atoms with E-state index < -0.39 is 33.3 Å². The highest BCUT2D eigenvalue weighted by atomic mass is 35.5. The summed E-state index contributed by atoms with van der Waals surface area (Å²) < 4.78 is 32.9. The number of benzene rings is 1. The number of primary sulfonamides is 1. The first kappa shape index (κ1) is 17.3. The number of nitrogens with one attached hydrogen (secondary N) is 1. The highest BCUT2D eigenvalue weighted by Crippen LogP contribution is 2.26. The van der Waals surface area contributed by atoms with Gasteiger partial charge in [0.1, 0.15) is 4.90 Å². The summed E-state index contributed by atoms with van der Waals surface area (Å²) in [7, 11) is -4.06.